The number of hydrogen-bond acceptors (Lipinski definition) is 3. The minimum Gasteiger partial charge on any atom is -0.392 e. The van der Waals surface area contributed by atoms with E-state index in [4.69, 9.17) is 0 Å². The van der Waals surface area contributed by atoms with E-state index < -0.39 is 17.6 Å². The molecule has 3 nitrogen and oxygen atoms in total. The van der Waals surface area contributed by atoms with Gasteiger partial charge in [-0.2, -0.15) is 0 Å². The van der Waals surface area contributed by atoms with E-state index in [1.165, 1.54) is 5.57 Å². The van der Waals surface area contributed by atoms with Crippen LogP contribution in [0.3, 0.4) is 0 Å². The van der Waals surface area contributed by atoms with Gasteiger partial charge in [0.25, 0.3) is 0 Å². The Morgan fingerprint density at radius 1 is 1.30 bits per heavy atom. The van der Waals surface area contributed by atoms with Crippen molar-refractivity contribution in [1.82, 2.24) is 0 Å². The molecular formula is C20H32O3. The normalized spacial score (nSPS) is 49.8. The van der Waals surface area contributed by atoms with Crippen LogP contribution in [0, 0.1) is 28.6 Å². The van der Waals surface area contributed by atoms with Crippen molar-refractivity contribution >= 4 is 0 Å². The van der Waals surface area contributed by atoms with Crippen LogP contribution in [0.1, 0.15) is 52.9 Å². The summed E-state index contributed by atoms with van der Waals surface area (Å²) in [4.78, 5) is 0. The van der Waals surface area contributed by atoms with E-state index >= 15 is 0 Å². The van der Waals surface area contributed by atoms with E-state index in [0.29, 0.717) is 11.8 Å². The van der Waals surface area contributed by atoms with Gasteiger partial charge in [-0.15, -0.1) is 0 Å². The van der Waals surface area contributed by atoms with Crippen LogP contribution < -0.4 is 0 Å². The molecule has 0 bridgehead atoms. The van der Waals surface area contributed by atoms with E-state index in [0.717, 1.165) is 37.7 Å². The molecule has 3 N–H and O–H groups in total. The summed E-state index contributed by atoms with van der Waals surface area (Å²) in [5.74, 6) is 0.965. The smallest absolute Gasteiger partial charge is 0.0804 e. The first-order valence-electron chi connectivity index (χ1n) is 9.06. The maximum absolute atomic E-state index is 11.0. The van der Waals surface area contributed by atoms with E-state index in [-0.39, 0.29) is 17.9 Å². The monoisotopic (exact) mass is 320 g/mol. The van der Waals surface area contributed by atoms with E-state index in [1.807, 2.05) is 6.08 Å². The molecule has 7 atom stereocenters. The Kier molecular flexibility index (Phi) is 4.27. The van der Waals surface area contributed by atoms with Crippen molar-refractivity contribution < 1.29 is 15.3 Å². The maximum atomic E-state index is 11.0. The third kappa shape index (κ3) is 2.43. The summed E-state index contributed by atoms with van der Waals surface area (Å²) in [5.41, 5.74) is 1.74. The fourth-order valence-corrected chi connectivity index (χ4v) is 6.01. The summed E-state index contributed by atoms with van der Waals surface area (Å²) < 4.78 is 0. The van der Waals surface area contributed by atoms with Gasteiger partial charge in [0.1, 0.15) is 0 Å². The molecule has 0 heterocycles. The topological polar surface area (TPSA) is 60.7 Å². The van der Waals surface area contributed by atoms with Crippen LogP contribution in [0.15, 0.2) is 23.8 Å². The molecule has 0 radical (unpaired) electrons. The number of aliphatic hydroxyl groups excluding tert-OH is 3. The van der Waals surface area contributed by atoms with Gasteiger partial charge in [-0.1, -0.05) is 32.1 Å². The third-order valence-electron chi connectivity index (χ3n) is 7.53. The molecule has 3 rings (SSSR count). The second-order valence-corrected chi connectivity index (χ2v) is 8.83. The second kappa shape index (κ2) is 5.72. The number of aliphatic hydroxyl groups is 3. The molecule has 0 aromatic carbocycles. The largest absolute Gasteiger partial charge is 0.392 e. The van der Waals surface area contributed by atoms with Crippen molar-refractivity contribution in [3.05, 3.63) is 23.8 Å². The molecule has 0 aromatic heterocycles. The highest BCUT2D eigenvalue weighted by molar-refractivity contribution is 5.21. The van der Waals surface area contributed by atoms with Gasteiger partial charge in [0.05, 0.1) is 18.8 Å². The Bertz CT molecular complexity index is 525. The van der Waals surface area contributed by atoms with Crippen molar-refractivity contribution in [3.63, 3.8) is 0 Å². The molecule has 23 heavy (non-hydrogen) atoms. The van der Waals surface area contributed by atoms with E-state index in [2.05, 4.69) is 27.4 Å². The zero-order valence-electron chi connectivity index (χ0n) is 14.8. The highest BCUT2D eigenvalue weighted by Crippen LogP contribution is 2.65. The molecule has 2 saturated carbocycles. The van der Waals surface area contributed by atoms with Crippen LogP contribution in [-0.2, 0) is 0 Å². The third-order valence-corrected chi connectivity index (χ3v) is 7.53. The highest BCUT2D eigenvalue weighted by Gasteiger charge is 2.62. The van der Waals surface area contributed by atoms with Crippen LogP contribution >= 0.6 is 0 Å². The van der Waals surface area contributed by atoms with Crippen molar-refractivity contribution in [2.45, 2.75) is 65.1 Å². The second-order valence-electron chi connectivity index (χ2n) is 8.83. The number of fused-ring (bicyclic) bond motifs is 3. The summed E-state index contributed by atoms with van der Waals surface area (Å²) >= 11 is 0. The van der Waals surface area contributed by atoms with Crippen LogP contribution in [0.2, 0.25) is 0 Å². The molecule has 3 aliphatic rings. The fraction of sp³-hybridized carbons (Fsp3) is 0.800. The summed E-state index contributed by atoms with van der Waals surface area (Å²) in [6.07, 6.45) is 5.72. The predicted molar refractivity (Wildman–Crippen MR) is 91.8 cm³/mol. The van der Waals surface area contributed by atoms with Crippen molar-refractivity contribution in [2.24, 2.45) is 28.6 Å². The van der Waals surface area contributed by atoms with Gasteiger partial charge >= 0.3 is 0 Å². The first kappa shape index (κ1) is 17.2. The number of allylic oxidation sites excluding steroid dienone is 1. The lowest BCUT2D eigenvalue weighted by Gasteiger charge is -2.57. The molecule has 0 spiro atoms. The molecule has 0 unspecified atom stereocenters. The molecule has 3 aliphatic carbocycles. The van der Waals surface area contributed by atoms with Gasteiger partial charge in [-0.3, -0.25) is 0 Å². The minimum atomic E-state index is -0.599. The molecule has 0 amide bonds. The molecule has 2 fully saturated rings. The van der Waals surface area contributed by atoms with E-state index in [9.17, 15) is 15.3 Å². The van der Waals surface area contributed by atoms with E-state index in [1.54, 1.807) is 0 Å². The lowest BCUT2D eigenvalue weighted by molar-refractivity contribution is -0.162. The quantitative estimate of drug-likeness (QED) is 0.685. The van der Waals surface area contributed by atoms with Crippen LogP contribution in [-0.4, -0.2) is 34.1 Å². The molecule has 130 valence electrons. The lowest BCUT2D eigenvalue weighted by atomic mass is 9.49. The SMILES string of the molecule is C=C(CO)[C@@H]1CC[C@]2(C)C[C@H](O)[C@@]3(C)[C@H](CCC(C)=C[C@@H]3O)[C@H]12. The van der Waals surface area contributed by atoms with Gasteiger partial charge in [0.2, 0.25) is 0 Å². The van der Waals surface area contributed by atoms with Gasteiger partial charge < -0.3 is 15.3 Å². The maximum Gasteiger partial charge on any atom is 0.0804 e. The summed E-state index contributed by atoms with van der Waals surface area (Å²) in [7, 11) is 0. The molecule has 0 aliphatic heterocycles. The molecule has 3 heteroatoms. The van der Waals surface area contributed by atoms with Crippen LogP contribution in [0.4, 0.5) is 0 Å². The molecule has 0 saturated heterocycles. The Hall–Kier alpha value is -0.640. The zero-order valence-corrected chi connectivity index (χ0v) is 14.8. The Morgan fingerprint density at radius 2 is 2.00 bits per heavy atom. The standard InChI is InChI=1S/C20H32O3/c1-12-5-6-15-18-14(13(2)11-21)7-8-19(18,3)10-17(23)20(15,4)16(22)9-12/h9,14-18,21-23H,2,5-8,10-11H2,1,3-4H3/t14-,15+,16-,17-,18-,19+,20-/m0/s1. The summed E-state index contributed by atoms with van der Waals surface area (Å²) in [6, 6.07) is 0. The minimum absolute atomic E-state index is 0.0447. The molecular weight excluding hydrogens is 288 g/mol. The predicted octanol–water partition coefficient (Wildman–Crippen LogP) is 3.06. The van der Waals surface area contributed by atoms with Gasteiger partial charge in [0.15, 0.2) is 0 Å². The van der Waals surface area contributed by atoms with Crippen molar-refractivity contribution in [2.75, 3.05) is 6.61 Å². The average molecular weight is 320 g/mol. The van der Waals surface area contributed by atoms with Crippen molar-refractivity contribution in [1.29, 1.82) is 0 Å². The van der Waals surface area contributed by atoms with Crippen LogP contribution in [0.5, 0.6) is 0 Å². The zero-order chi connectivity index (χ0) is 17.0. The Balaban J connectivity index is 2.05. The Labute approximate surface area is 140 Å². The van der Waals surface area contributed by atoms with Gasteiger partial charge in [0, 0.05) is 5.41 Å². The summed E-state index contributed by atoms with van der Waals surface area (Å²) in [6.45, 7) is 10.6. The first-order valence-corrected chi connectivity index (χ1v) is 9.06. The highest BCUT2D eigenvalue weighted by atomic mass is 16.3. The fourth-order valence-electron chi connectivity index (χ4n) is 6.01. The number of rotatable bonds is 2. The van der Waals surface area contributed by atoms with Gasteiger partial charge in [-0.05, 0) is 67.8 Å². The Morgan fingerprint density at radius 3 is 2.65 bits per heavy atom. The first-order chi connectivity index (χ1) is 10.7. The lowest BCUT2D eigenvalue weighted by Crippen LogP contribution is -2.58. The summed E-state index contributed by atoms with van der Waals surface area (Å²) in [5, 5.41) is 31.5. The average Bonchev–Trinajstić information content (AvgIpc) is 2.77. The van der Waals surface area contributed by atoms with Crippen molar-refractivity contribution in [3.8, 4) is 0 Å². The van der Waals surface area contributed by atoms with Crippen LogP contribution in [0.25, 0.3) is 0 Å². The van der Waals surface area contributed by atoms with Gasteiger partial charge in [-0.25, -0.2) is 0 Å². The molecule has 0 aromatic rings. The number of hydrogen-bond donors (Lipinski definition) is 3.